The van der Waals surface area contributed by atoms with Crippen molar-refractivity contribution in [1.82, 2.24) is 4.90 Å². The van der Waals surface area contributed by atoms with Crippen LogP contribution in [0.4, 0.5) is 0 Å². The molecule has 0 saturated heterocycles. The molecule has 0 bridgehead atoms. The second kappa shape index (κ2) is 6.49. The zero-order valence-electron chi connectivity index (χ0n) is 11.5. The standard InChI is InChI=1S/C13H30N2/c1-7-8-13(5,14)10-15(6)12(4)9-11(2)3/h11-12H,7-10,14H2,1-6H3. The van der Waals surface area contributed by atoms with Crippen molar-refractivity contribution in [1.29, 1.82) is 0 Å². The number of rotatable bonds is 7. The fourth-order valence-electron chi connectivity index (χ4n) is 2.24. The molecule has 2 heteroatoms. The zero-order chi connectivity index (χ0) is 12.1. The van der Waals surface area contributed by atoms with Gasteiger partial charge >= 0.3 is 0 Å². The summed E-state index contributed by atoms with van der Waals surface area (Å²) >= 11 is 0. The first-order valence-corrected chi connectivity index (χ1v) is 6.27. The van der Waals surface area contributed by atoms with E-state index in [4.69, 9.17) is 5.73 Å². The Kier molecular flexibility index (Phi) is 6.46. The lowest BCUT2D eigenvalue weighted by Gasteiger charge is -2.34. The Bertz CT molecular complexity index is 164. The molecule has 2 N–H and O–H groups in total. The van der Waals surface area contributed by atoms with Crippen molar-refractivity contribution in [2.24, 2.45) is 11.7 Å². The van der Waals surface area contributed by atoms with Gasteiger partial charge in [0.2, 0.25) is 0 Å². The van der Waals surface area contributed by atoms with Gasteiger partial charge in [-0.2, -0.15) is 0 Å². The van der Waals surface area contributed by atoms with E-state index in [1.54, 1.807) is 0 Å². The molecular weight excluding hydrogens is 184 g/mol. The van der Waals surface area contributed by atoms with E-state index in [1.165, 1.54) is 12.8 Å². The van der Waals surface area contributed by atoms with Gasteiger partial charge in [0.25, 0.3) is 0 Å². The molecule has 0 aromatic heterocycles. The lowest BCUT2D eigenvalue weighted by molar-refractivity contribution is 0.180. The van der Waals surface area contributed by atoms with Crippen LogP contribution in [0.25, 0.3) is 0 Å². The van der Waals surface area contributed by atoms with Crippen LogP contribution in [-0.4, -0.2) is 30.1 Å². The maximum atomic E-state index is 6.26. The molecule has 2 unspecified atom stereocenters. The molecule has 0 fully saturated rings. The highest BCUT2D eigenvalue weighted by molar-refractivity contribution is 4.83. The van der Waals surface area contributed by atoms with Crippen LogP contribution < -0.4 is 5.73 Å². The van der Waals surface area contributed by atoms with E-state index in [0.717, 1.165) is 18.9 Å². The molecule has 0 amide bonds. The summed E-state index contributed by atoms with van der Waals surface area (Å²) in [5.74, 6) is 0.762. The minimum absolute atomic E-state index is 0.0330. The molecule has 0 rings (SSSR count). The quantitative estimate of drug-likeness (QED) is 0.706. The van der Waals surface area contributed by atoms with Gasteiger partial charge in [0.1, 0.15) is 0 Å². The largest absolute Gasteiger partial charge is 0.324 e. The van der Waals surface area contributed by atoms with Crippen molar-refractivity contribution < 1.29 is 0 Å². The van der Waals surface area contributed by atoms with Crippen molar-refractivity contribution in [2.75, 3.05) is 13.6 Å². The van der Waals surface area contributed by atoms with E-state index in [9.17, 15) is 0 Å². The summed E-state index contributed by atoms with van der Waals surface area (Å²) in [5, 5.41) is 0. The highest BCUT2D eigenvalue weighted by Crippen LogP contribution is 2.15. The lowest BCUT2D eigenvalue weighted by atomic mass is 9.95. The van der Waals surface area contributed by atoms with Gasteiger partial charge in [-0.1, -0.05) is 27.2 Å². The summed E-state index contributed by atoms with van der Waals surface area (Å²) < 4.78 is 0. The molecule has 0 aliphatic carbocycles. The predicted molar refractivity (Wildman–Crippen MR) is 69.0 cm³/mol. The fraction of sp³-hybridized carbons (Fsp3) is 1.00. The summed E-state index contributed by atoms with van der Waals surface area (Å²) in [6.07, 6.45) is 3.52. The molecule has 0 aromatic rings. The molecule has 0 spiro atoms. The highest BCUT2D eigenvalue weighted by atomic mass is 15.1. The first-order chi connectivity index (χ1) is 6.78. The highest BCUT2D eigenvalue weighted by Gasteiger charge is 2.22. The minimum Gasteiger partial charge on any atom is -0.324 e. The summed E-state index contributed by atoms with van der Waals surface area (Å²) in [5.41, 5.74) is 6.22. The number of likely N-dealkylation sites (N-methyl/N-ethyl adjacent to an activating group) is 1. The van der Waals surface area contributed by atoms with E-state index < -0.39 is 0 Å². The van der Waals surface area contributed by atoms with Crippen LogP contribution >= 0.6 is 0 Å². The normalized spacial score (nSPS) is 18.2. The van der Waals surface area contributed by atoms with Gasteiger partial charge < -0.3 is 10.6 Å². The van der Waals surface area contributed by atoms with Crippen LogP contribution in [0.15, 0.2) is 0 Å². The van der Waals surface area contributed by atoms with Crippen molar-refractivity contribution in [2.45, 2.75) is 65.5 Å². The van der Waals surface area contributed by atoms with E-state index in [-0.39, 0.29) is 5.54 Å². The second-order valence-corrected chi connectivity index (χ2v) is 5.80. The Hall–Kier alpha value is -0.0800. The third-order valence-electron chi connectivity index (χ3n) is 3.00. The SMILES string of the molecule is CCCC(C)(N)CN(C)C(C)CC(C)C. The van der Waals surface area contributed by atoms with E-state index in [2.05, 4.69) is 46.6 Å². The molecule has 2 atom stereocenters. The Morgan fingerprint density at radius 2 is 1.80 bits per heavy atom. The number of nitrogens with two attached hydrogens (primary N) is 1. The average Bonchev–Trinajstić information content (AvgIpc) is 2.01. The van der Waals surface area contributed by atoms with Gasteiger partial charge in [0, 0.05) is 18.1 Å². The lowest BCUT2D eigenvalue weighted by Crippen LogP contribution is -2.49. The van der Waals surface area contributed by atoms with Crippen LogP contribution in [0.1, 0.15) is 53.9 Å². The van der Waals surface area contributed by atoms with Crippen LogP contribution in [0.2, 0.25) is 0 Å². The maximum Gasteiger partial charge on any atom is 0.0254 e. The number of nitrogens with zero attached hydrogens (tertiary/aromatic N) is 1. The first kappa shape index (κ1) is 14.9. The number of hydrogen-bond donors (Lipinski definition) is 1. The summed E-state index contributed by atoms with van der Waals surface area (Å²) in [6.45, 7) is 12.2. The van der Waals surface area contributed by atoms with Crippen molar-refractivity contribution in [3.8, 4) is 0 Å². The van der Waals surface area contributed by atoms with Crippen LogP contribution in [-0.2, 0) is 0 Å². The summed E-state index contributed by atoms with van der Waals surface area (Å²) in [7, 11) is 2.19. The summed E-state index contributed by atoms with van der Waals surface area (Å²) in [6, 6.07) is 0.629. The third kappa shape index (κ3) is 6.91. The molecule has 0 aromatic carbocycles. The van der Waals surface area contributed by atoms with Crippen molar-refractivity contribution >= 4 is 0 Å². The van der Waals surface area contributed by atoms with Crippen molar-refractivity contribution in [3.05, 3.63) is 0 Å². The first-order valence-electron chi connectivity index (χ1n) is 6.27. The van der Waals surface area contributed by atoms with Crippen LogP contribution in [0.3, 0.4) is 0 Å². The predicted octanol–water partition coefficient (Wildman–Crippen LogP) is 2.87. The molecule has 0 radical (unpaired) electrons. The van der Waals surface area contributed by atoms with E-state index in [0.29, 0.717) is 6.04 Å². The van der Waals surface area contributed by atoms with Gasteiger partial charge in [-0.3, -0.25) is 0 Å². The molecule has 0 heterocycles. The Labute approximate surface area is 96.2 Å². The minimum atomic E-state index is -0.0330. The monoisotopic (exact) mass is 214 g/mol. The topological polar surface area (TPSA) is 29.3 Å². The van der Waals surface area contributed by atoms with Crippen LogP contribution in [0, 0.1) is 5.92 Å². The van der Waals surface area contributed by atoms with Gasteiger partial charge in [-0.25, -0.2) is 0 Å². The third-order valence-corrected chi connectivity index (χ3v) is 3.00. The van der Waals surface area contributed by atoms with Crippen molar-refractivity contribution in [3.63, 3.8) is 0 Å². The maximum absolute atomic E-state index is 6.26. The van der Waals surface area contributed by atoms with E-state index >= 15 is 0 Å². The molecule has 92 valence electrons. The average molecular weight is 214 g/mol. The summed E-state index contributed by atoms with van der Waals surface area (Å²) in [4.78, 5) is 2.40. The fourth-order valence-corrected chi connectivity index (χ4v) is 2.24. The number of hydrogen-bond acceptors (Lipinski definition) is 2. The smallest absolute Gasteiger partial charge is 0.0254 e. The van der Waals surface area contributed by atoms with Crippen LogP contribution in [0.5, 0.6) is 0 Å². The van der Waals surface area contributed by atoms with Gasteiger partial charge in [-0.15, -0.1) is 0 Å². The van der Waals surface area contributed by atoms with Gasteiger partial charge in [0.15, 0.2) is 0 Å². The Morgan fingerprint density at radius 1 is 1.27 bits per heavy atom. The molecule has 2 nitrogen and oxygen atoms in total. The Morgan fingerprint density at radius 3 is 2.20 bits per heavy atom. The second-order valence-electron chi connectivity index (χ2n) is 5.80. The Balaban J connectivity index is 4.05. The molecule has 0 aliphatic rings. The molecular formula is C13H30N2. The van der Waals surface area contributed by atoms with Gasteiger partial charge in [0.05, 0.1) is 0 Å². The molecule has 15 heavy (non-hydrogen) atoms. The van der Waals surface area contributed by atoms with Gasteiger partial charge in [-0.05, 0) is 39.7 Å². The van der Waals surface area contributed by atoms with E-state index in [1.807, 2.05) is 0 Å². The molecule has 0 aliphatic heterocycles. The zero-order valence-corrected chi connectivity index (χ0v) is 11.5. The molecule has 0 saturated carbocycles.